The predicted octanol–water partition coefficient (Wildman–Crippen LogP) is 2.44. The van der Waals surface area contributed by atoms with Crippen molar-refractivity contribution in [3.8, 4) is 0 Å². The molecule has 1 spiro atoms. The Morgan fingerprint density at radius 2 is 1.95 bits per heavy atom. The quantitative estimate of drug-likeness (QED) is 0.743. The van der Waals surface area contributed by atoms with Gasteiger partial charge in [0, 0.05) is 5.41 Å². The van der Waals surface area contributed by atoms with Gasteiger partial charge < -0.3 is 5.11 Å². The van der Waals surface area contributed by atoms with E-state index in [4.69, 9.17) is 0 Å². The van der Waals surface area contributed by atoms with Crippen LogP contribution in [0.3, 0.4) is 0 Å². The van der Waals surface area contributed by atoms with E-state index in [1.165, 1.54) is 32.7 Å². The first-order valence-corrected chi connectivity index (χ1v) is 6.66. The second kappa shape index (κ2) is 2.83. The lowest BCUT2D eigenvalue weighted by atomic mass is 9.82. The van der Waals surface area contributed by atoms with E-state index in [9.17, 15) is 5.11 Å². The number of hydrogen-bond acceptors (Lipinski definition) is 1. The van der Waals surface area contributed by atoms with Crippen LogP contribution in [-0.2, 0) is 0 Å². The monoisotopic (exact) mass is 244 g/mol. The van der Waals surface area contributed by atoms with Crippen LogP contribution in [0.25, 0.3) is 23.8 Å². The molecule has 90 valence electrons. The molecule has 0 amide bonds. The molecule has 1 N–H and O–H groups in total. The van der Waals surface area contributed by atoms with E-state index in [0.717, 1.165) is 6.42 Å². The molecule has 0 aliphatic heterocycles. The third-order valence-corrected chi connectivity index (χ3v) is 4.75. The van der Waals surface area contributed by atoms with Crippen molar-refractivity contribution in [3.63, 3.8) is 0 Å². The van der Waals surface area contributed by atoms with Crippen LogP contribution < -0.4 is 10.4 Å². The van der Waals surface area contributed by atoms with Crippen LogP contribution in [0.1, 0.15) is 17.5 Å². The van der Waals surface area contributed by atoms with Gasteiger partial charge >= 0.3 is 0 Å². The van der Waals surface area contributed by atoms with Gasteiger partial charge in [-0.15, -0.1) is 0 Å². The Hall–Kier alpha value is -2.28. The Balaban J connectivity index is 1.94. The number of aliphatic hydroxyl groups is 1. The highest BCUT2D eigenvalue weighted by molar-refractivity contribution is 5.88. The number of aliphatic hydroxyl groups excluding tert-OH is 1. The molecule has 1 aromatic rings. The third-order valence-electron chi connectivity index (χ3n) is 4.75. The van der Waals surface area contributed by atoms with Gasteiger partial charge in [0.25, 0.3) is 0 Å². The van der Waals surface area contributed by atoms with Crippen LogP contribution >= 0.6 is 0 Å². The lowest BCUT2D eigenvalue weighted by Crippen LogP contribution is -2.24. The van der Waals surface area contributed by atoms with E-state index >= 15 is 0 Å². The van der Waals surface area contributed by atoms with Gasteiger partial charge in [0.15, 0.2) is 0 Å². The summed E-state index contributed by atoms with van der Waals surface area (Å²) in [7, 11) is 0. The fourth-order valence-electron chi connectivity index (χ4n) is 3.68. The fourth-order valence-corrected chi connectivity index (χ4v) is 3.68. The van der Waals surface area contributed by atoms with E-state index in [1.54, 1.807) is 0 Å². The largest absolute Gasteiger partial charge is 0.508 e. The van der Waals surface area contributed by atoms with Crippen LogP contribution in [0.4, 0.5) is 0 Å². The van der Waals surface area contributed by atoms with Gasteiger partial charge in [-0.3, -0.25) is 0 Å². The topological polar surface area (TPSA) is 20.2 Å². The summed E-state index contributed by atoms with van der Waals surface area (Å²) < 4.78 is 0. The lowest BCUT2D eigenvalue weighted by Gasteiger charge is -2.21. The van der Waals surface area contributed by atoms with Crippen LogP contribution in [0, 0.1) is 5.41 Å². The second-order valence-corrected chi connectivity index (χ2v) is 5.65. The first-order valence-electron chi connectivity index (χ1n) is 6.66. The molecule has 4 aliphatic carbocycles. The third kappa shape index (κ3) is 0.988. The predicted molar refractivity (Wildman–Crippen MR) is 77.5 cm³/mol. The maximum absolute atomic E-state index is 9.89. The van der Waals surface area contributed by atoms with E-state index in [1.807, 2.05) is 6.08 Å². The molecular weight excluding hydrogens is 232 g/mol. The van der Waals surface area contributed by atoms with Gasteiger partial charge in [-0.05, 0) is 45.2 Å². The minimum absolute atomic E-state index is 0.00605. The van der Waals surface area contributed by atoms with Crippen LogP contribution in [0.15, 0.2) is 47.8 Å². The van der Waals surface area contributed by atoms with Crippen molar-refractivity contribution in [3.05, 3.63) is 69.3 Å². The standard InChI is InChI=1S/C18H12O/c19-17-7-6-15-14-5-4-11-2-1-3-12(11)13(14)8-9-18(15)10-16(17)18/h1-9,19H,10H2. The van der Waals surface area contributed by atoms with Crippen molar-refractivity contribution in [1.29, 1.82) is 0 Å². The van der Waals surface area contributed by atoms with Gasteiger partial charge in [0.05, 0.1) is 0 Å². The summed E-state index contributed by atoms with van der Waals surface area (Å²) in [6.07, 6.45) is 15.9. The van der Waals surface area contributed by atoms with Gasteiger partial charge in [-0.1, -0.05) is 48.6 Å². The molecule has 5 rings (SSSR count). The Bertz CT molecular complexity index is 890. The highest BCUT2D eigenvalue weighted by Crippen LogP contribution is 2.63. The normalized spacial score (nSPS) is 27.7. The Morgan fingerprint density at radius 1 is 1.00 bits per heavy atom. The highest BCUT2D eigenvalue weighted by atomic mass is 16.3. The summed E-state index contributed by atoms with van der Waals surface area (Å²) in [5.41, 5.74) is 5.17. The number of benzene rings is 1. The molecule has 1 fully saturated rings. The first-order chi connectivity index (χ1) is 9.29. The number of rotatable bonds is 0. The van der Waals surface area contributed by atoms with Crippen molar-refractivity contribution >= 4 is 23.8 Å². The molecule has 1 atom stereocenters. The molecule has 0 bridgehead atoms. The van der Waals surface area contributed by atoms with Crippen molar-refractivity contribution in [1.82, 2.24) is 0 Å². The molecule has 0 heterocycles. The van der Waals surface area contributed by atoms with Gasteiger partial charge in [0.2, 0.25) is 0 Å². The minimum Gasteiger partial charge on any atom is -0.508 e. The van der Waals surface area contributed by atoms with E-state index in [0.29, 0.717) is 5.76 Å². The van der Waals surface area contributed by atoms with Crippen LogP contribution in [-0.4, -0.2) is 5.11 Å². The molecule has 1 nitrogen and oxygen atoms in total. The number of fused-ring (bicyclic) bond motifs is 3. The Labute approximate surface area is 110 Å². The summed E-state index contributed by atoms with van der Waals surface area (Å²) in [6.45, 7) is 0. The van der Waals surface area contributed by atoms with Crippen molar-refractivity contribution in [2.24, 2.45) is 5.41 Å². The molecular formula is C18H12O. The summed E-state index contributed by atoms with van der Waals surface area (Å²) in [6, 6.07) is 4.42. The average Bonchev–Trinajstić information content (AvgIpc) is 2.96. The SMILES string of the molecule is OC1=C2CC23C=Cc2c4c(ccc2=C3C=C1)=CC=C4. The lowest BCUT2D eigenvalue weighted by molar-refractivity contribution is 0.427. The molecule has 1 unspecified atom stereocenters. The second-order valence-electron chi connectivity index (χ2n) is 5.65. The smallest absolute Gasteiger partial charge is 0.116 e. The molecule has 0 saturated heterocycles. The molecule has 0 aromatic heterocycles. The van der Waals surface area contributed by atoms with Crippen LogP contribution in [0.5, 0.6) is 0 Å². The highest BCUT2D eigenvalue weighted by Gasteiger charge is 2.53. The number of hydrogen-bond donors (Lipinski definition) is 1. The molecule has 1 aromatic carbocycles. The maximum Gasteiger partial charge on any atom is 0.116 e. The maximum atomic E-state index is 9.89. The summed E-state index contributed by atoms with van der Waals surface area (Å²) >= 11 is 0. The molecule has 1 saturated carbocycles. The summed E-state index contributed by atoms with van der Waals surface area (Å²) in [4.78, 5) is 0. The zero-order valence-electron chi connectivity index (χ0n) is 10.4. The fraction of sp³-hybridized carbons (Fsp3) is 0.111. The van der Waals surface area contributed by atoms with E-state index < -0.39 is 0 Å². The van der Waals surface area contributed by atoms with Gasteiger partial charge in [-0.25, -0.2) is 0 Å². The summed E-state index contributed by atoms with van der Waals surface area (Å²) in [5.74, 6) is 0.464. The Kier molecular flexibility index (Phi) is 1.43. The molecule has 0 radical (unpaired) electrons. The van der Waals surface area contributed by atoms with Crippen molar-refractivity contribution in [2.45, 2.75) is 6.42 Å². The van der Waals surface area contributed by atoms with E-state index in [-0.39, 0.29) is 5.41 Å². The summed E-state index contributed by atoms with van der Waals surface area (Å²) in [5, 5.41) is 12.5. The first kappa shape index (κ1) is 9.62. The molecule has 19 heavy (non-hydrogen) atoms. The van der Waals surface area contributed by atoms with Crippen molar-refractivity contribution in [2.75, 3.05) is 0 Å². The van der Waals surface area contributed by atoms with Gasteiger partial charge in [0.1, 0.15) is 5.76 Å². The van der Waals surface area contributed by atoms with E-state index in [2.05, 4.69) is 48.6 Å². The molecule has 1 heteroatoms. The number of allylic oxidation sites excluding steroid dienone is 5. The van der Waals surface area contributed by atoms with Crippen molar-refractivity contribution < 1.29 is 5.11 Å². The van der Waals surface area contributed by atoms with Gasteiger partial charge in [-0.2, -0.15) is 0 Å². The minimum atomic E-state index is 0.00605. The molecule has 4 aliphatic rings. The van der Waals surface area contributed by atoms with Crippen LogP contribution in [0.2, 0.25) is 0 Å². The zero-order valence-corrected chi connectivity index (χ0v) is 10.4. The Morgan fingerprint density at radius 3 is 2.89 bits per heavy atom. The zero-order chi connectivity index (χ0) is 12.6. The average molecular weight is 244 g/mol.